The Hall–Kier alpha value is 0.100. The Bertz CT molecular complexity index is 170. The first-order valence-corrected chi connectivity index (χ1v) is 4.01. The van der Waals surface area contributed by atoms with Gasteiger partial charge in [0.1, 0.15) is 0 Å². The first-order chi connectivity index (χ1) is 5.59. The maximum absolute atomic E-state index is 10.8. The van der Waals surface area contributed by atoms with Crippen molar-refractivity contribution in [2.45, 2.75) is 38.7 Å². The Morgan fingerprint density at radius 3 is 2.31 bits per heavy atom. The van der Waals surface area contributed by atoms with Crippen LogP contribution in [0, 0.1) is 0 Å². The van der Waals surface area contributed by atoms with Gasteiger partial charge in [-0.15, -0.1) is 0 Å². The van der Waals surface area contributed by atoms with Crippen molar-refractivity contribution in [2.75, 3.05) is 0 Å². The van der Waals surface area contributed by atoms with E-state index < -0.39 is 17.9 Å². The molecule has 0 aromatic heterocycles. The van der Waals surface area contributed by atoms with E-state index in [1.54, 1.807) is 0 Å². The van der Waals surface area contributed by atoms with E-state index in [0.29, 0.717) is 6.42 Å². The van der Waals surface area contributed by atoms with Gasteiger partial charge in [0.05, 0.1) is 5.97 Å². The number of carbonyl (C=O) groups excluding carboxylic acids is 2. The van der Waals surface area contributed by atoms with Crippen molar-refractivity contribution in [3.8, 4) is 0 Å². The largest absolute Gasteiger partial charge is 1.00 e. The number of unbranched alkanes of at least 4 members (excludes halogenated alkanes) is 2. The molecule has 1 atom stereocenters. The first kappa shape index (κ1) is 15.6. The van der Waals surface area contributed by atoms with Gasteiger partial charge in [0.25, 0.3) is 0 Å². The quantitative estimate of drug-likeness (QED) is 0.269. The summed E-state index contributed by atoms with van der Waals surface area (Å²) in [5, 5.41) is 18.7. The minimum absolute atomic E-state index is 0. The van der Waals surface area contributed by atoms with Crippen LogP contribution in [0.4, 0.5) is 0 Å². The topological polar surface area (TPSA) is 77.4 Å². The van der Waals surface area contributed by atoms with Crippen LogP contribution in [-0.2, 0) is 9.59 Å². The molecule has 0 saturated heterocycles. The fraction of sp³-hybridized carbons (Fsp3) is 0.750. The van der Waals surface area contributed by atoms with Crippen molar-refractivity contribution >= 4 is 11.8 Å². The third kappa shape index (κ3) is 7.19. The van der Waals surface area contributed by atoms with Crippen molar-refractivity contribution in [3.05, 3.63) is 0 Å². The molecule has 4 nitrogen and oxygen atoms in total. The third-order valence-electron chi connectivity index (χ3n) is 1.55. The van der Waals surface area contributed by atoms with Crippen molar-refractivity contribution in [1.82, 2.24) is 0 Å². The zero-order chi connectivity index (χ0) is 9.56. The molecular formula is C8H13NaO4. The number of aliphatic hydroxyl groups is 1. The van der Waals surface area contributed by atoms with E-state index in [1.807, 2.05) is 6.92 Å². The van der Waals surface area contributed by atoms with Crippen LogP contribution in [0.5, 0.6) is 0 Å². The van der Waals surface area contributed by atoms with Gasteiger partial charge in [-0.3, -0.25) is 4.79 Å². The molecule has 1 N–H and O–H groups in total. The summed E-state index contributed by atoms with van der Waals surface area (Å²) in [5.74, 6) is -2.38. The van der Waals surface area contributed by atoms with Crippen molar-refractivity contribution in [2.24, 2.45) is 0 Å². The van der Waals surface area contributed by atoms with Gasteiger partial charge in [-0.1, -0.05) is 19.8 Å². The third-order valence-corrected chi connectivity index (χ3v) is 1.55. The van der Waals surface area contributed by atoms with Gasteiger partial charge in [0, 0.05) is 6.42 Å². The number of hydrogen-bond acceptors (Lipinski definition) is 4. The summed E-state index contributed by atoms with van der Waals surface area (Å²) in [6, 6.07) is 0. The number of hydrogen-bond donors (Lipinski definition) is 1. The minimum atomic E-state index is -1.94. The number of aliphatic hydroxyl groups excluding tert-OH is 1. The summed E-state index contributed by atoms with van der Waals surface area (Å²) >= 11 is 0. The number of rotatable bonds is 6. The van der Waals surface area contributed by atoms with E-state index in [4.69, 9.17) is 5.11 Å². The Kier molecular flexibility index (Phi) is 10.4. The molecule has 0 aliphatic rings. The Morgan fingerprint density at radius 2 is 1.92 bits per heavy atom. The molecule has 0 radical (unpaired) electrons. The second-order valence-corrected chi connectivity index (χ2v) is 2.64. The van der Waals surface area contributed by atoms with Crippen LogP contribution in [0.25, 0.3) is 0 Å². The van der Waals surface area contributed by atoms with Crippen LogP contribution in [0.15, 0.2) is 0 Å². The molecule has 13 heavy (non-hydrogen) atoms. The van der Waals surface area contributed by atoms with Gasteiger partial charge >= 0.3 is 29.6 Å². The minimum Gasteiger partial charge on any atom is -0.547 e. The smallest absolute Gasteiger partial charge is 0.547 e. The van der Waals surface area contributed by atoms with Crippen molar-refractivity contribution in [3.63, 3.8) is 0 Å². The molecule has 0 amide bonds. The van der Waals surface area contributed by atoms with Crippen LogP contribution < -0.4 is 34.7 Å². The number of aliphatic carboxylic acids is 1. The molecule has 0 aromatic rings. The average molecular weight is 196 g/mol. The second kappa shape index (κ2) is 8.69. The number of carboxylic acids is 1. The van der Waals surface area contributed by atoms with E-state index in [9.17, 15) is 14.7 Å². The summed E-state index contributed by atoms with van der Waals surface area (Å²) in [6.45, 7) is 1.97. The van der Waals surface area contributed by atoms with E-state index in [1.165, 1.54) is 0 Å². The standard InChI is InChI=1S/C8H14O4.Na/c1-2-3-4-5-6(9)7(10)8(11)12;/h7,10H,2-5H2,1H3,(H,11,12);/q;+1/p-1. The number of carbonyl (C=O) groups is 2. The zero-order valence-electron chi connectivity index (χ0n) is 8.08. The Morgan fingerprint density at radius 1 is 1.38 bits per heavy atom. The van der Waals surface area contributed by atoms with Gasteiger partial charge in [-0.05, 0) is 6.42 Å². The Balaban J connectivity index is 0. The normalized spacial score (nSPS) is 11.5. The van der Waals surface area contributed by atoms with Crippen LogP contribution >= 0.6 is 0 Å². The summed E-state index contributed by atoms with van der Waals surface area (Å²) in [7, 11) is 0. The van der Waals surface area contributed by atoms with Crippen LogP contribution in [0.2, 0.25) is 0 Å². The maximum Gasteiger partial charge on any atom is 1.00 e. The summed E-state index contributed by atoms with van der Waals surface area (Å²) in [4.78, 5) is 20.8. The van der Waals surface area contributed by atoms with E-state index in [0.717, 1.165) is 12.8 Å². The molecule has 1 unspecified atom stereocenters. The fourth-order valence-electron chi connectivity index (χ4n) is 0.817. The molecule has 0 aliphatic heterocycles. The number of carboxylic acid groups (broad SMARTS) is 1. The van der Waals surface area contributed by atoms with Crippen molar-refractivity contribution in [1.29, 1.82) is 0 Å². The van der Waals surface area contributed by atoms with E-state index in [2.05, 4.69) is 0 Å². The Labute approximate surface area is 99.6 Å². The summed E-state index contributed by atoms with van der Waals surface area (Å²) < 4.78 is 0. The molecule has 70 valence electrons. The maximum atomic E-state index is 10.8. The first-order valence-electron chi connectivity index (χ1n) is 4.01. The molecule has 0 aliphatic carbocycles. The predicted octanol–water partition coefficient (Wildman–Crippen LogP) is -3.75. The van der Waals surface area contributed by atoms with E-state index >= 15 is 0 Å². The van der Waals surface area contributed by atoms with Gasteiger partial charge in [-0.2, -0.15) is 0 Å². The van der Waals surface area contributed by atoms with Gasteiger partial charge in [0.15, 0.2) is 11.9 Å². The zero-order valence-corrected chi connectivity index (χ0v) is 10.1. The monoisotopic (exact) mass is 196 g/mol. The number of ketones is 1. The summed E-state index contributed by atoms with van der Waals surface area (Å²) in [6.07, 6.45) is 0.616. The molecule has 0 fully saturated rings. The molecule has 5 heteroatoms. The predicted molar refractivity (Wildman–Crippen MR) is 40.2 cm³/mol. The molecule has 0 saturated carbocycles. The molecule has 0 spiro atoms. The second-order valence-electron chi connectivity index (χ2n) is 2.64. The fourth-order valence-corrected chi connectivity index (χ4v) is 0.817. The van der Waals surface area contributed by atoms with Gasteiger partial charge in [-0.25, -0.2) is 0 Å². The van der Waals surface area contributed by atoms with E-state index in [-0.39, 0.29) is 36.0 Å². The summed E-state index contributed by atoms with van der Waals surface area (Å²) in [5.41, 5.74) is 0. The van der Waals surface area contributed by atoms with Crippen LogP contribution in [0.1, 0.15) is 32.6 Å². The molecular weight excluding hydrogens is 183 g/mol. The average Bonchev–Trinajstić information content (AvgIpc) is 2.03. The number of Topliss-reactive ketones (excluding diaryl/α,β-unsaturated/α-hetero) is 1. The molecule has 0 aromatic carbocycles. The van der Waals surface area contributed by atoms with Gasteiger partial charge in [0.2, 0.25) is 0 Å². The van der Waals surface area contributed by atoms with Crippen molar-refractivity contribution < 1.29 is 49.4 Å². The molecule has 0 rings (SSSR count). The van der Waals surface area contributed by atoms with Crippen LogP contribution in [-0.4, -0.2) is 23.0 Å². The SMILES string of the molecule is CCCCCC(=O)C(O)C(=O)[O-].[Na+]. The molecule has 0 heterocycles. The van der Waals surface area contributed by atoms with Gasteiger partial charge < -0.3 is 15.0 Å². The van der Waals surface area contributed by atoms with Crippen LogP contribution in [0.3, 0.4) is 0 Å². The molecule has 0 bridgehead atoms.